The van der Waals surface area contributed by atoms with Crippen molar-refractivity contribution >= 4 is 5.97 Å². The quantitative estimate of drug-likeness (QED) is 0.676. The van der Waals surface area contributed by atoms with Gasteiger partial charge in [-0.05, 0) is 36.6 Å². The molecule has 3 saturated carbocycles. The third-order valence-corrected chi connectivity index (χ3v) is 4.99. The maximum atomic E-state index is 11.2. The van der Waals surface area contributed by atoms with Gasteiger partial charge in [0.1, 0.15) is 0 Å². The smallest absolute Gasteiger partial charge is 0.310 e. The molecule has 0 aromatic heterocycles. The average Bonchev–Trinajstić information content (AvgIpc) is 2.55. The summed E-state index contributed by atoms with van der Waals surface area (Å²) in [6.07, 6.45) is 2.59. The van der Waals surface area contributed by atoms with Gasteiger partial charge in [0.05, 0.1) is 5.41 Å². The van der Waals surface area contributed by atoms with Crippen molar-refractivity contribution in [2.75, 3.05) is 6.54 Å². The molecule has 3 rings (SSSR count). The Morgan fingerprint density at radius 1 is 1.46 bits per heavy atom. The molecule has 3 aliphatic carbocycles. The van der Waals surface area contributed by atoms with Crippen LogP contribution >= 0.6 is 0 Å². The van der Waals surface area contributed by atoms with E-state index in [-0.39, 0.29) is 10.8 Å². The molecule has 3 aliphatic rings. The standard InChI is InChI=1S/C10H17NO2/c1-8(2)9(6-11)3-4-10(8,5-9)7(12)13/h3-6,11H2,1-2H3,(H,12,13)/t9-,10-/m0/s1. The monoisotopic (exact) mass is 183 g/mol. The number of aliphatic carboxylic acids is 1. The number of carbonyl (C=O) groups is 1. The Labute approximate surface area is 78.3 Å². The van der Waals surface area contributed by atoms with Crippen LogP contribution in [0.25, 0.3) is 0 Å². The minimum absolute atomic E-state index is 0.111. The summed E-state index contributed by atoms with van der Waals surface area (Å²) in [7, 11) is 0. The molecule has 0 amide bonds. The zero-order chi connectivity index (χ0) is 9.91. The molecular formula is C10H17NO2. The van der Waals surface area contributed by atoms with E-state index in [4.69, 9.17) is 5.73 Å². The van der Waals surface area contributed by atoms with E-state index < -0.39 is 11.4 Å². The summed E-state index contributed by atoms with van der Waals surface area (Å²) < 4.78 is 0. The van der Waals surface area contributed by atoms with Gasteiger partial charge in [-0.15, -0.1) is 0 Å². The molecule has 0 aromatic carbocycles. The second-order valence-electron chi connectivity index (χ2n) is 5.17. The Hall–Kier alpha value is -0.570. The van der Waals surface area contributed by atoms with Gasteiger partial charge in [-0.25, -0.2) is 0 Å². The van der Waals surface area contributed by atoms with Gasteiger partial charge in [0.25, 0.3) is 0 Å². The van der Waals surface area contributed by atoms with Crippen molar-refractivity contribution in [1.82, 2.24) is 0 Å². The van der Waals surface area contributed by atoms with Gasteiger partial charge in [-0.1, -0.05) is 13.8 Å². The van der Waals surface area contributed by atoms with Crippen molar-refractivity contribution in [3.63, 3.8) is 0 Å². The van der Waals surface area contributed by atoms with Crippen molar-refractivity contribution in [1.29, 1.82) is 0 Å². The first-order valence-corrected chi connectivity index (χ1v) is 4.85. The van der Waals surface area contributed by atoms with Crippen LogP contribution in [0.1, 0.15) is 33.1 Å². The number of fused-ring (bicyclic) bond motifs is 1. The first kappa shape index (κ1) is 9.00. The van der Waals surface area contributed by atoms with Crippen LogP contribution in [-0.2, 0) is 4.79 Å². The number of hydrogen-bond acceptors (Lipinski definition) is 2. The largest absolute Gasteiger partial charge is 0.481 e. The highest BCUT2D eigenvalue weighted by Crippen LogP contribution is 2.77. The average molecular weight is 183 g/mol. The summed E-state index contributed by atoms with van der Waals surface area (Å²) in [6, 6.07) is 0. The van der Waals surface area contributed by atoms with E-state index in [1.54, 1.807) is 0 Å². The predicted octanol–water partition coefficient (Wildman–Crippen LogP) is 1.23. The lowest BCUT2D eigenvalue weighted by molar-refractivity contribution is -0.185. The molecule has 3 heteroatoms. The topological polar surface area (TPSA) is 63.3 Å². The molecular weight excluding hydrogens is 166 g/mol. The Kier molecular flexibility index (Phi) is 1.44. The summed E-state index contributed by atoms with van der Waals surface area (Å²) in [5.41, 5.74) is 5.29. The van der Waals surface area contributed by atoms with Crippen LogP contribution in [0.5, 0.6) is 0 Å². The van der Waals surface area contributed by atoms with E-state index >= 15 is 0 Å². The zero-order valence-corrected chi connectivity index (χ0v) is 8.26. The Morgan fingerprint density at radius 3 is 2.31 bits per heavy atom. The zero-order valence-electron chi connectivity index (χ0n) is 8.26. The van der Waals surface area contributed by atoms with Gasteiger partial charge < -0.3 is 10.8 Å². The van der Waals surface area contributed by atoms with E-state index in [2.05, 4.69) is 13.8 Å². The molecule has 2 bridgehead atoms. The maximum Gasteiger partial charge on any atom is 0.310 e. The fraction of sp³-hybridized carbons (Fsp3) is 0.900. The molecule has 0 heterocycles. The molecule has 0 aliphatic heterocycles. The minimum atomic E-state index is -0.626. The third kappa shape index (κ3) is 0.654. The van der Waals surface area contributed by atoms with E-state index in [1.165, 1.54) is 0 Å². The summed E-state index contributed by atoms with van der Waals surface area (Å²) >= 11 is 0. The maximum absolute atomic E-state index is 11.2. The molecule has 0 radical (unpaired) electrons. The SMILES string of the molecule is CC1(C)[C@@]2(CN)CC[C@@]1(C(=O)O)C2. The summed E-state index contributed by atoms with van der Waals surface area (Å²) in [5, 5.41) is 9.22. The predicted molar refractivity (Wildman–Crippen MR) is 49.2 cm³/mol. The molecule has 0 spiro atoms. The van der Waals surface area contributed by atoms with E-state index in [1.807, 2.05) is 0 Å². The summed E-state index contributed by atoms with van der Waals surface area (Å²) in [6.45, 7) is 4.75. The van der Waals surface area contributed by atoms with Gasteiger partial charge in [-0.2, -0.15) is 0 Å². The van der Waals surface area contributed by atoms with Crippen LogP contribution in [0.15, 0.2) is 0 Å². The normalized spacial score (nSPS) is 45.8. The molecule has 0 aromatic rings. The van der Waals surface area contributed by atoms with Crippen LogP contribution < -0.4 is 5.73 Å². The highest BCUT2D eigenvalue weighted by atomic mass is 16.4. The molecule has 0 unspecified atom stereocenters. The van der Waals surface area contributed by atoms with Crippen molar-refractivity contribution in [2.24, 2.45) is 22.0 Å². The molecule has 3 N–H and O–H groups in total. The second-order valence-corrected chi connectivity index (χ2v) is 5.17. The Balaban J connectivity index is 2.38. The molecule has 3 fully saturated rings. The van der Waals surface area contributed by atoms with Crippen molar-refractivity contribution in [3.8, 4) is 0 Å². The van der Waals surface area contributed by atoms with Gasteiger partial charge >= 0.3 is 5.97 Å². The molecule has 3 nitrogen and oxygen atoms in total. The number of carboxylic acids is 1. The van der Waals surface area contributed by atoms with E-state index in [0.717, 1.165) is 19.3 Å². The number of hydrogen-bond donors (Lipinski definition) is 2. The van der Waals surface area contributed by atoms with Crippen LogP contribution in [0, 0.1) is 16.2 Å². The third-order valence-electron chi connectivity index (χ3n) is 4.99. The van der Waals surface area contributed by atoms with Crippen LogP contribution in [0.4, 0.5) is 0 Å². The van der Waals surface area contributed by atoms with Gasteiger partial charge in [0, 0.05) is 0 Å². The van der Waals surface area contributed by atoms with E-state index in [9.17, 15) is 9.90 Å². The lowest BCUT2D eigenvalue weighted by Gasteiger charge is -2.60. The van der Waals surface area contributed by atoms with Crippen LogP contribution in [0.3, 0.4) is 0 Å². The fourth-order valence-electron chi connectivity index (χ4n) is 3.55. The highest BCUT2D eigenvalue weighted by molar-refractivity contribution is 5.79. The molecule has 74 valence electrons. The molecule has 0 saturated heterocycles. The number of carboxylic acid groups (broad SMARTS) is 1. The highest BCUT2D eigenvalue weighted by Gasteiger charge is 2.76. The van der Waals surface area contributed by atoms with Crippen molar-refractivity contribution < 1.29 is 9.90 Å². The lowest BCUT2D eigenvalue weighted by atomic mass is 9.43. The van der Waals surface area contributed by atoms with Crippen molar-refractivity contribution in [2.45, 2.75) is 33.1 Å². The first-order chi connectivity index (χ1) is 5.92. The number of rotatable bonds is 2. The fourth-order valence-corrected chi connectivity index (χ4v) is 3.55. The van der Waals surface area contributed by atoms with Crippen LogP contribution in [-0.4, -0.2) is 17.6 Å². The second kappa shape index (κ2) is 2.08. The molecule has 2 atom stereocenters. The van der Waals surface area contributed by atoms with Gasteiger partial charge in [-0.3, -0.25) is 4.79 Å². The number of nitrogens with two attached hydrogens (primary N) is 1. The Morgan fingerprint density at radius 2 is 2.08 bits per heavy atom. The molecule has 13 heavy (non-hydrogen) atoms. The summed E-state index contributed by atoms with van der Waals surface area (Å²) in [5.74, 6) is -0.626. The Bertz CT molecular complexity index is 274. The lowest BCUT2D eigenvalue weighted by Crippen LogP contribution is -2.62. The van der Waals surface area contributed by atoms with Gasteiger partial charge in [0.15, 0.2) is 0 Å². The van der Waals surface area contributed by atoms with Gasteiger partial charge in [0.2, 0.25) is 0 Å². The van der Waals surface area contributed by atoms with Crippen LogP contribution in [0.2, 0.25) is 0 Å². The summed E-state index contributed by atoms with van der Waals surface area (Å²) in [4.78, 5) is 11.2. The minimum Gasteiger partial charge on any atom is -0.481 e. The van der Waals surface area contributed by atoms with E-state index in [0.29, 0.717) is 6.54 Å². The first-order valence-electron chi connectivity index (χ1n) is 4.85. The van der Waals surface area contributed by atoms with Crippen molar-refractivity contribution in [3.05, 3.63) is 0 Å².